The summed E-state index contributed by atoms with van der Waals surface area (Å²) < 4.78 is 5.96. The number of rotatable bonds is 5. The Morgan fingerprint density at radius 3 is 2.83 bits per heavy atom. The molecule has 1 saturated carbocycles. The zero-order valence-corrected chi connectivity index (χ0v) is 13.2. The summed E-state index contributed by atoms with van der Waals surface area (Å²) in [6, 6.07) is 8.18. The molecule has 1 fully saturated rings. The topological polar surface area (TPSA) is 76.7 Å². The van der Waals surface area contributed by atoms with Crippen LogP contribution >= 0.6 is 0 Å². The van der Waals surface area contributed by atoms with Crippen LogP contribution in [0.2, 0.25) is 0 Å². The van der Waals surface area contributed by atoms with Crippen molar-refractivity contribution in [2.24, 2.45) is 16.6 Å². The summed E-state index contributed by atoms with van der Waals surface area (Å²) in [5, 5.41) is 3.12. The van der Waals surface area contributed by atoms with Gasteiger partial charge >= 0.3 is 0 Å². The van der Waals surface area contributed by atoms with E-state index >= 15 is 0 Å². The molecule has 0 radical (unpaired) electrons. The van der Waals surface area contributed by atoms with Gasteiger partial charge in [-0.15, -0.1) is 0 Å². The van der Waals surface area contributed by atoms with Crippen molar-refractivity contribution in [1.29, 1.82) is 0 Å². The summed E-state index contributed by atoms with van der Waals surface area (Å²) in [6.07, 6.45) is 7.50. The van der Waals surface area contributed by atoms with E-state index in [1.54, 1.807) is 6.34 Å². The lowest BCUT2D eigenvalue weighted by atomic mass is 9.85. The maximum Gasteiger partial charge on any atom is 0.220 e. The molecule has 23 heavy (non-hydrogen) atoms. The Morgan fingerprint density at radius 2 is 2.13 bits per heavy atom. The number of nitrogens with two attached hydrogens (primary N) is 1. The van der Waals surface area contributed by atoms with Crippen molar-refractivity contribution in [3.8, 4) is 5.75 Å². The monoisotopic (exact) mass is 313 g/mol. The van der Waals surface area contributed by atoms with Gasteiger partial charge in [0.2, 0.25) is 5.91 Å². The molecule has 3 rings (SSSR count). The Balaban J connectivity index is 1.56. The average molecular weight is 313 g/mol. The van der Waals surface area contributed by atoms with E-state index in [1.807, 2.05) is 18.2 Å². The molecule has 1 amide bonds. The van der Waals surface area contributed by atoms with E-state index in [2.05, 4.69) is 22.5 Å². The van der Waals surface area contributed by atoms with Gasteiger partial charge in [0.1, 0.15) is 12.4 Å². The highest BCUT2D eigenvalue weighted by Gasteiger charge is 2.21. The van der Waals surface area contributed by atoms with E-state index in [0.717, 1.165) is 43.5 Å². The van der Waals surface area contributed by atoms with Crippen LogP contribution < -0.4 is 15.8 Å². The van der Waals surface area contributed by atoms with Gasteiger partial charge in [0.25, 0.3) is 0 Å². The predicted molar refractivity (Wildman–Crippen MR) is 90.4 cm³/mol. The molecule has 1 aliphatic carbocycles. The molecular formula is C18H23N3O2. The molecule has 1 aliphatic heterocycles. The fourth-order valence-electron chi connectivity index (χ4n) is 3.16. The molecule has 122 valence electrons. The molecular weight excluding hydrogens is 290 g/mol. The van der Waals surface area contributed by atoms with E-state index in [1.165, 1.54) is 5.57 Å². The summed E-state index contributed by atoms with van der Waals surface area (Å²) in [5.74, 6) is 0.766. The van der Waals surface area contributed by atoms with Gasteiger partial charge in [-0.2, -0.15) is 0 Å². The van der Waals surface area contributed by atoms with Crippen LogP contribution in [0.25, 0.3) is 0 Å². The largest absolute Gasteiger partial charge is 0.489 e. The number of hydrogen-bond donors (Lipinski definition) is 2. The molecule has 1 unspecified atom stereocenters. The number of amides is 1. The van der Waals surface area contributed by atoms with E-state index in [4.69, 9.17) is 10.5 Å². The maximum absolute atomic E-state index is 11.2. The Bertz CT molecular complexity index is 614. The quantitative estimate of drug-likeness (QED) is 0.819. The highest BCUT2D eigenvalue weighted by atomic mass is 16.5. The van der Waals surface area contributed by atoms with Crippen molar-refractivity contribution in [2.75, 3.05) is 13.2 Å². The molecule has 1 aromatic carbocycles. The van der Waals surface area contributed by atoms with Crippen molar-refractivity contribution < 1.29 is 9.53 Å². The minimum absolute atomic E-state index is 0.0431. The van der Waals surface area contributed by atoms with E-state index in [0.29, 0.717) is 6.61 Å². The van der Waals surface area contributed by atoms with Gasteiger partial charge in [-0.25, -0.2) is 0 Å². The number of aliphatic imine (C=N–C) groups is 1. The smallest absolute Gasteiger partial charge is 0.220 e. The SMILES string of the molecule is NC(=O)C1CCC(=CCOc2ccccc2C2CNC=N2)CC1. The molecule has 1 aromatic rings. The van der Waals surface area contributed by atoms with Gasteiger partial charge in [0, 0.05) is 18.0 Å². The third kappa shape index (κ3) is 3.92. The lowest BCUT2D eigenvalue weighted by Crippen LogP contribution is -2.25. The first-order chi connectivity index (χ1) is 11.2. The van der Waals surface area contributed by atoms with Gasteiger partial charge in [-0.1, -0.05) is 23.8 Å². The predicted octanol–water partition coefficient (Wildman–Crippen LogP) is 2.34. The van der Waals surface area contributed by atoms with Crippen molar-refractivity contribution >= 4 is 12.2 Å². The standard InChI is InChI=1S/C18H23N3O2/c19-18(22)14-7-5-13(6-8-14)9-10-23-17-4-2-1-3-15(17)16-11-20-12-21-16/h1-4,9,12,14,16H,5-8,10-11H2,(H2,19,22)(H,20,21). The number of carbonyl (C=O) groups excluding carboxylic acids is 1. The molecule has 2 aliphatic rings. The number of ether oxygens (including phenoxy) is 1. The molecule has 1 heterocycles. The number of carbonyl (C=O) groups is 1. The van der Waals surface area contributed by atoms with Crippen molar-refractivity contribution in [1.82, 2.24) is 5.32 Å². The normalized spacial score (nSPS) is 23.4. The second-order valence-corrected chi connectivity index (χ2v) is 6.09. The first-order valence-corrected chi connectivity index (χ1v) is 8.18. The Hall–Kier alpha value is -2.30. The Morgan fingerprint density at radius 1 is 1.35 bits per heavy atom. The van der Waals surface area contributed by atoms with Crippen LogP contribution in [0.15, 0.2) is 40.9 Å². The third-order valence-corrected chi connectivity index (χ3v) is 4.58. The number of benzene rings is 1. The fourth-order valence-corrected chi connectivity index (χ4v) is 3.16. The molecule has 1 atom stereocenters. The minimum Gasteiger partial charge on any atom is -0.489 e. The second-order valence-electron chi connectivity index (χ2n) is 6.09. The second kappa shape index (κ2) is 7.31. The number of nitrogens with one attached hydrogen (secondary N) is 1. The molecule has 0 saturated heterocycles. The molecule has 0 spiro atoms. The highest BCUT2D eigenvalue weighted by Crippen LogP contribution is 2.30. The van der Waals surface area contributed by atoms with Crippen molar-refractivity contribution in [2.45, 2.75) is 31.7 Å². The zero-order chi connectivity index (χ0) is 16.1. The number of primary amides is 1. The maximum atomic E-state index is 11.2. The van der Waals surface area contributed by atoms with Crippen LogP contribution in [0.4, 0.5) is 0 Å². The van der Waals surface area contributed by atoms with Gasteiger partial charge < -0.3 is 15.8 Å². The summed E-state index contributed by atoms with van der Waals surface area (Å²) in [5.41, 5.74) is 7.84. The van der Waals surface area contributed by atoms with Crippen molar-refractivity contribution in [3.63, 3.8) is 0 Å². The minimum atomic E-state index is -0.167. The van der Waals surface area contributed by atoms with Crippen LogP contribution in [-0.2, 0) is 4.79 Å². The lowest BCUT2D eigenvalue weighted by Gasteiger charge is -2.21. The lowest BCUT2D eigenvalue weighted by molar-refractivity contribution is -0.122. The molecule has 0 aromatic heterocycles. The third-order valence-electron chi connectivity index (χ3n) is 4.58. The van der Waals surface area contributed by atoms with Crippen LogP contribution in [0, 0.1) is 5.92 Å². The first-order valence-electron chi connectivity index (χ1n) is 8.18. The van der Waals surface area contributed by atoms with E-state index in [9.17, 15) is 4.79 Å². The number of allylic oxidation sites excluding steroid dienone is 1. The van der Waals surface area contributed by atoms with Crippen LogP contribution in [-0.4, -0.2) is 25.4 Å². The summed E-state index contributed by atoms with van der Waals surface area (Å²) in [4.78, 5) is 15.6. The number of para-hydroxylation sites is 1. The van der Waals surface area contributed by atoms with Gasteiger partial charge in [0.15, 0.2) is 0 Å². The number of nitrogens with zero attached hydrogens (tertiary/aromatic N) is 1. The zero-order valence-electron chi connectivity index (χ0n) is 13.2. The summed E-state index contributed by atoms with van der Waals surface area (Å²) >= 11 is 0. The Labute approximate surface area is 136 Å². The first kappa shape index (κ1) is 15.6. The van der Waals surface area contributed by atoms with E-state index in [-0.39, 0.29) is 17.9 Å². The molecule has 0 bridgehead atoms. The molecule has 3 N–H and O–H groups in total. The fraction of sp³-hybridized carbons (Fsp3) is 0.444. The summed E-state index contributed by atoms with van der Waals surface area (Å²) in [6.45, 7) is 1.37. The van der Waals surface area contributed by atoms with Crippen LogP contribution in [0.3, 0.4) is 0 Å². The van der Waals surface area contributed by atoms with Gasteiger partial charge in [0.05, 0.1) is 12.4 Å². The molecule has 5 heteroatoms. The van der Waals surface area contributed by atoms with E-state index < -0.39 is 0 Å². The average Bonchev–Trinajstić information content (AvgIpc) is 3.10. The van der Waals surface area contributed by atoms with Crippen molar-refractivity contribution in [3.05, 3.63) is 41.5 Å². The number of hydrogen-bond acceptors (Lipinski definition) is 4. The molecule has 5 nitrogen and oxygen atoms in total. The Kier molecular flexibility index (Phi) is 4.95. The highest BCUT2D eigenvalue weighted by molar-refractivity contribution is 5.76. The van der Waals surface area contributed by atoms with Gasteiger partial charge in [-0.05, 0) is 37.8 Å². The van der Waals surface area contributed by atoms with Crippen LogP contribution in [0.1, 0.15) is 37.3 Å². The van der Waals surface area contributed by atoms with Gasteiger partial charge in [-0.3, -0.25) is 9.79 Å². The van der Waals surface area contributed by atoms with Crippen LogP contribution in [0.5, 0.6) is 5.75 Å². The summed E-state index contributed by atoms with van der Waals surface area (Å²) in [7, 11) is 0.